The van der Waals surface area contributed by atoms with Crippen LogP contribution in [-0.2, 0) is 11.2 Å². The highest BCUT2D eigenvalue weighted by molar-refractivity contribution is 7.13. The molecule has 3 rings (SSSR count). The fraction of sp³-hybridized carbons (Fsp3) is 0.375. The van der Waals surface area contributed by atoms with Crippen LogP contribution in [0.25, 0.3) is 10.6 Å². The van der Waals surface area contributed by atoms with E-state index in [0.29, 0.717) is 22.8 Å². The van der Waals surface area contributed by atoms with Crippen molar-refractivity contribution in [1.29, 1.82) is 0 Å². The van der Waals surface area contributed by atoms with Crippen molar-refractivity contribution in [3.05, 3.63) is 41.2 Å². The molecule has 22 heavy (non-hydrogen) atoms. The number of hydrogen-bond donors (Lipinski definition) is 2. The molecule has 0 saturated heterocycles. The van der Waals surface area contributed by atoms with Crippen LogP contribution in [0.1, 0.15) is 25.0 Å². The lowest BCUT2D eigenvalue weighted by atomic mass is 9.80. The van der Waals surface area contributed by atoms with E-state index < -0.39 is 5.60 Å². The Morgan fingerprint density at radius 3 is 2.95 bits per heavy atom. The van der Waals surface area contributed by atoms with Gasteiger partial charge in [0.15, 0.2) is 0 Å². The molecule has 0 unspecified atom stereocenters. The highest BCUT2D eigenvalue weighted by Gasteiger charge is 2.34. The number of halogens is 1. The lowest BCUT2D eigenvalue weighted by Crippen LogP contribution is -2.48. The number of carbonyl (C=O) groups is 1. The highest BCUT2D eigenvalue weighted by atomic mass is 32.1. The molecule has 0 spiro atoms. The third kappa shape index (κ3) is 3.51. The monoisotopic (exact) mass is 320 g/mol. The van der Waals surface area contributed by atoms with Gasteiger partial charge in [0.1, 0.15) is 10.8 Å². The van der Waals surface area contributed by atoms with Gasteiger partial charge < -0.3 is 10.4 Å². The first-order chi connectivity index (χ1) is 10.5. The second kappa shape index (κ2) is 6.14. The molecule has 1 aromatic heterocycles. The quantitative estimate of drug-likeness (QED) is 0.890. The number of amides is 1. The molecule has 0 aliphatic heterocycles. The van der Waals surface area contributed by atoms with Crippen LogP contribution in [0.2, 0.25) is 0 Å². The first-order valence-electron chi connectivity index (χ1n) is 7.24. The largest absolute Gasteiger partial charge is 0.388 e. The van der Waals surface area contributed by atoms with Gasteiger partial charge in [-0.05, 0) is 31.4 Å². The van der Waals surface area contributed by atoms with Gasteiger partial charge in [0.25, 0.3) is 0 Å². The molecule has 6 heteroatoms. The van der Waals surface area contributed by atoms with Crippen molar-refractivity contribution in [2.24, 2.45) is 0 Å². The Labute approximate surface area is 132 Å². The molecule has 1 saturated carbocycles. The summed E-state index contributed by atoms with van der Waals surface area (Å²) >= 11 is 1.39. The Morgan fingerprint density at radius 1 is 1.45 bits per heavy atom. The maximum absolute atomic E-state index is 13.2. The zero-order valence-electron chi connectivity index (χ0n) is 12.0. The smallest absolute Gasteiger partial charge is 0.226 e. The van der Waals surface area contributed by atoms with Crippen LogP contribution in [0.3, 0.4) is 0 Å². The van der Waals surface area contributed by atoms with Crippen LogP contribution in [-0.4, -0.2) is 28.1 Å². The molecule has 2 aromatic rings. The summed E-state index contributed by atoms with van der Waals surface area (Å²) in [6, 6.07) is 6.24. The summed E-state index contributed by atoms with van der Waals surface area (Å²) in [6.45, 7) is 0.298. The molecule has 2 N–H and O–H groups in total. The highest BCUT2D eigenvalue weighted by Crippen LogP contribution is 2.30. The van der Waals surface area contributed by atoms with Gasteiger partial charge in [0.05, 0.1) is 17.7 Å². The van der Waals surface area contributed by atoms with E-state index in [1.165, 1.54) is 23.5 Å². The van der Waals surface area contributed by atoms with Crippen LogP contribution in [0, 0.1) is 5.82 Å². The van der Waals surface area contributed by atoms with Crippen LogP contribution in [0.15, 0.2) is 29.6 Å². The van der Waals surface area contributed by atoms with Gasteiger partial charge in [0.2, 0.25) is 5.91 Å². The molecule has 1 heterocycles. The van der Waals surface area contributed by atoms with E-state index in [9.17, 15) is 14.3 Å². The molecular formula is C16H17FN2O2S. The Morgan fingerprint density at radius 2 is 2.27 bits per heavy atom. The van der Waals surface area contributed by atoms with Crippen LogP contribution in [0.4, 0.5) is 4.39 Å². The van der Waals surface area contributed by atoms with Crippen molar-refractivity contribution in [3.8, 4) is 10.6 Å². The van der Waals surface area contributed by atoms with Crippen LogP contribution >= 0.6 is 11.3 Å². The summed E-state index contributed by atoms with van der Waals surface area (Å²) in [7, 11) is 0. The number of nitrogens with one attached hydrogen (secondary N) is 1. The predicted octanol–water partition coefficient (Wildman–Crippen LogP) is 2.52. The molecule has 1 amide bonds. The average molecular weight is 320 g/mol. The van der Waals surface area contributed by atoms with Crippen molar-refractivity contribution in [2.45, 2.75) is 31.3 Å². The van der Waals surface area contributed by atoms with Gasteiger partial charge in [-0.2, -0.15) is 0 Å². The van der Waals surface area contributed by atoms with Crippen LogP contribution < -0.4 is 5.32 Å². The van der Waals surface area contributed by atoms with E-state index >= 15 is 0 Å². The molecule has 1 aromatic carbocycles. The summed E-state index contributed by atoms with van der Waals surface area (Å²) in [4.78, 5) is 16.3. The maximum Gasteiger partial charge on any atom is 0.226 e. The van der Waals surface area contributed by atoms with E-state index in [1.807, 2.05) is 0 Å². The summed E-state index contributed by atoms with van der Waals surface area (Å²) in [5.41, 5.74) is 0.646. The number of rotatable bonds is 5. The minimum atomic E-state index is -0.718. The molecule has 0 atom stereocenters. The lowest BCUT2D eigenvalue weighted by molar-refractivity contribution is -0.122. The fourth-order valence-electron chi connectivity index (χ4n) is 2.39. The minimum Gasteiger partial charge on any atom is -0.388 e. The van der Waals surface area contributed by atoms with Gasteiger partial charge in [-0.15, -0.1) is 11.3 Å². The molecule has 0 radical (unpaired) electrons. The zero-order valence-corrected chi connectivity index (χ0v) is 12.8. The van der Waals surface area contributed by atoms with Gasteiger partial charge in [0, 0.05) is 17.5 Å². The average Bonchev–Trinajstić information content (AvgIpc) is 2.91. The number of aromatic nitrogens is 1. The number of aliphatic hydroxyl groups is 1. The number of nitrogens with zero attached hydrogens (tertiary/aromatic N) is 1. The normalized spacial score (nSPS) is 16.1. The SMILES string of the molecule is O=C(Cc1csc(-c2cccc(F)c2)n1)NCC1(O)CCC1. The van der Waals surface area contributed by atoms with Crippen molar-refractivity contribution < 1.29 is 14.3 Å². The van der Waals surface area contributed by atoms with Gasteiger partial charge in [-0.1, -0.05) is 12.1 Å². The molecule has 116 valence electrons. The van der Waals surface area contributed by atoms with Crippen LogP contribution in [0.5, 0.6) is 0 Å². The van der Waals surface area contributed by atoms with Crippen molar-refractivity contribution in [1.82, 2.24) is 10.3 Å². The van der Waals surface area contributed by atoms with Gasteiger partial charge in [-0.3, -0.25) is 4.79 Å². The first-order valence-corrected chi connectivity index (χ1v) is 8.11. The maximum atomic E-state index is 13.2. The Bertz CT molecular complexity index is 682. The molecular weight excluding hydrogens is 303 g/mol. The molecule has 1 aliphatic carbocycles. The number of hydrogen-bond acceptors (Lipinski definition) is 4. The lowest BCUT2D eigenvalue weighted by Gasteiger charge is -2.36. The number of carbonyl (C=O) groups excluding carboxylic acids is 1. The van der Waals surface area contributed by atoms with Crippen molar-refractivity contribution >= 4 is 17.2 Å². The Kier molecular flexibility index (Phi) is 4.22. The van der Waals surface area contributed by atoms with Gasteiger partial charge >= 0.3 is 0 Å². The summed E-state index contributed by atoms with van der Waals surface area (Å²) < 4.78 is 13.2. The molecule has 0 bridgehead atoms. The molecule has 1 fully saturated rings. The van der Waals surface area contributed by atoms with E-state index in [-0.39, 0.29) is 18.1 Å². The Hall–Kier alpha value is -1.79. The second-order valence-electron chi connectivity index (χ2n) is 5.69. The summed E-state index contributed by atoms with van der Waals surface area (Å²) in [5.74, 6) is -0.461. The number of benzene rings is 1. The van der Waals surface area contributed by atoms with E-state index in [2.05, 4.69) is 10.3 Å². The standard InChI is InChI=1S/C16H17FN2O2S/c17-12-4-1-3-11(7-12)15-19-13(9-22-15)8-14(20)18-10-16(21)5-2-6-16/h1,3-4,7,9,21H,2,5-6,8,10H2,(H,18,20). The minimum absolute atomic E-state index is 0.156. The zero-order chi connectivity index (χ0) is 15.6. The predicted molar refractivity (Wildman–Crippen MR) is 83.0 cm³/mol. The van der Waals surface area contributed by atoms with E-state index in [4.69, 9.17) is 0 Å². The summed E-state index contributed by atoms with van der Waals surface area (Å²) in [6.07, 6.45) is 2.67. The van der Waals surface area contributed by atoms with Crippen molar-refractivity contribution in [3.63, 3.8) is 0 Å². The molecule has 1 aliphatic rings. The third-order valence-electron chi connectivity index (χ3n) is 3.86. The van der Waals surface area contributed by atoms with Gasteiger partial charge in [-0.25, -0.2) is 9.37 Å². The fourth-order valence-corrected chi connectivity index (χ4v) is 3.21. The first kappa shape index (κ1) is 15.1. The van der Waals surface area contributed by atoms with E-state index in [0.717, 1.165) is 19.3 Å². The van der Waals surface area contributed by atoms with Crippen molar-refractivity contribution in [2.75, 3.05) is 6.54 Å². The topological polar surface area (TPSA) is 62.2 Å². The molecule has 4 nitrogen and oxygen atoms in total. The second-order valence-corrected chi connectivity index (χ2v) is 6.54. The Balaban J connectivity index is 1.58. The summed E-state index contributed by atoms with van der Waals surface area (Å²) in [5, 5.41) is 15.2. The van der Waals surface area contributed by atoms with E-state index in [1.54, 1.807) is 17.5 Å². The number of thiazole rings is 1. The third-order valence-corrected chi connectivity index (χ3v) is 4.80.